The highest BCUT2D eigenvalue weighted by Crippen LogP contribution is 2.28. The molecule has 0 aliphatic rings. The Morgan fingerprint density at radius 2 is 2.16 bits per heavy atom. The summed E-state index contributed by atoms with van der Waals surface area (Å²) in [5.41, 5.74) is 0. The molecule has 1 aromatic rings. The second-order valence-corrected chi connectivity index (χ2v) is 6.54. The van der Waals surface area contributed by atoms with Crippen LogP contribution in [0, 0.1) is 0 Å². The van der Waals surface area contributed by atoms with E-state index < -0.39 is 10.0 Å². The first-order chi connectivity index (χ1) is 9.01. The molecule has 1 aromatic carbocycles. The third-order valence-corrected chi connectivity index (χ3v) is 4.42. The number of aliphatic hydroxyl groups is 1. The van der Waals surface area contributed by atoms with Crippen molar-refractivity contribution >= 4 is 26.0 Å². The van der Waals surface area contributed by atoms with Gasteiger partial charge in [0, 0.05) is 19.2 Å². The Balaban J connectivity index is 2.88. The zero-order valence-corrected chi connectivity index (χ0v) is 13.1. The van der Waals surface area contributed by atoms with Gasteiger partial charge in [-0.25, -0.2) is 13.1 Å². The smallest absolute Gasteiger partial charge is 0.240 e. The van der Waals surface area contributed by atoms with Crippen molar-refractivity contribution in [2.45, 2.75) is 24.7 Å². The summed E-state index contributed by atoms with van der Waals surface area (Å²) < 4.78 is 32.6. The molecule has 5 nitrogen and oxygen atoms in total. The van der Waals surface area contributed by atoms with Gasteiger partial charge >= 0.3 is 0 Å². The number of hydrogen-bond donors (Lipinski definition) is 2. The maximum absolute atomic E-state index is 12.0. The summed E-state index contributed by atoms with van der Waals surface area (Å²) in [7, 11) is -3.56. The van der Waals surface area contributed by atoms with Gasteiger partial charge in [-0.3, -0.25) is 0 Å². The van der Waals surface area contributed by atoms with Crippen LogP contribution in [0.4, 0.5) is 0 Å². The van der Waals surface area contributed by atoms with Gasteiger partial charge in [0.1, 0.15) is 5.75 Å². The molecule has 0 saturated carbocycles. The molecule has 0 fully saturated rings. The highest BCUT2D eigenvalue weighted by Gasteiger charge is 2.15. The fourth-order valence-electron chi connectivity index (χ4n) is 1.34. The van der Waals surface area contributed by atoms with Crippen LogP contribution in [0.15, 0.2) is 27.6 Å². The molecule has 2 N–H and O–H groups in total. The van der Waals surface area contributed by atoms with Crippen LogP contribution >= 0.6 is 15.9 Å². The average Bonchev–Trinajstić information content (AvgIpc) is 2.37. The van der Waals surface area contributed by atoms with Crippen molar-refractivity contribution in [2.75, 3.05) is 19.8 Å². The molecule has 0 aromatic heterocycles. The summed E-state index contributed by atoms with van der Waals surface area (Å²) >= 11 is 3.32. The van der Waals surface area contributed by atoms with Crippen molar-refractivity contribution in [1.82, 2.24) is 4.72 Å². The normalized spacial score (nSPS) is 11.5. The van der Waals surface area contributed by atoms with Crippen LogP contribution < -0.4 is 9.46 Å². The van der Waals surface area contributed by atoms with Crippen LogP contribution in [-0.4, -0.2) is 33.3 Å². The molecule has 7 heteroatoms. The Kier molecular flexibility index (Phi) is 6.78. The van der Waals surface area contributed by atoms with E-state index in [1.54, 1.807) is 6.07 Å². The number of aliphatic hydroxyl groups excluding tert-OH is 1. The minimum atomic E-state index is -3.56. The molecule has 0 heterocycles. The van der Waals surface area contributed by atoms with Crippen LogP contribution in [0.25, 0.3) is 0 Å². The van der Waals surface area contributed by atoms with E-state index in [0.717, 1.165) is 10.9 Å². The van der Waals surface area contributed by atoms with Gasteiger partial charge in [-0.1, -0.05) is 6.92 Å². The monoisotopic (exact) mass is 351 g/mol. The van der Waals surface area contributed by atoms with Crippen molar-refractivity contribution in [3.8, 4) is 5.75 Å². The predicted octanol–water partition coefficient (Wildman–Crippen LogP) is 1.90. The number of nitrogens with one attached hydrogen (secondary N) is 1. The van der Waals surface area contributed by atoms with E-state index >= 15 is 0 Å². The molecule has 0 aliphatic carbocycles. The third-order valence-electron chi connectivity index (χ3n) is 2.30. The zero-order chi connectivity index (χ0) is 14.3. The van der Waals surface area contributed by atoms with E-state index in [9.17, 15) is 8.42 Å². The third kappa shape index (κ3) is 5.10. The largest absolute Gasteiger partial charge is 0.492 e. The molecule has 108 valence electrons. The minimum absolute atomic E-state index is 0.0479. The fourth-order valence-corrected chi connectivity index (χ4v) is 2.79. The molecule has 0 bridgehead atoms. The highest BCUT2D eigenvalue weighted by atomic mass is 79.9. The van der Waals surface area contributed by atoms with Gasteiger partial charge in [0.05, 0.1) is 16.0 Å². The predicted molar refractivity (Wildman–Crippen MR) is 76.8 cm³/mol. The van der Waals surface area contributed by atoms with Crippen LogP contribution in [-0.2, 0) is 10.0 Å². The molecule has 19 heavy (non-hydrogen) atoms. The lowest BCUT2D eigenvalue weighted by Crippen LogP contribution is -2.25. The van der Waals surface area contributed by atoms with Gasteiger partial charge in [-0.05, 0) is 40.9 Å². The topological polar surface area (TPSA) is 75.6 Å². The second kappa shape index (κ2) is 7.84. The lowest BCUT2D eigenvalue weighted by molar-refractivity contribution is 0.289. The summed E-state index contributed by atoms with van der Waals surface area (Å²) in [6.07, 6.45) is 1.23. The Morgan fingerprint density at radius 3 is 2.79 bits per heavy atom. The highest BCUT2D eigenvalue weighted by molar-refractivity contribution is 9.10. The molecular formula is C12H18BrNO4S. The maximum atomic E-state index is 12.0. The number of ether oxygens (including phenoxy) is 1. The molecule has 0 spiro atoms. The molecule has 1 rings (SSSR count). The van der Waals surface area contributed by atoms with Gasteiger partial charge in [0.15, 0.2) is 0 Å². The van der Waals surface area contributed by atoms with Crippen LogP contribution in [0.2, 0.25) is 0 Å². The van der Waals surface area contributed by atoms with E-state index in [4.69, 9.17) is 9.84 Å². The average molecular weight is 352 g/mol. The number of benzene rings is 1. The van der Waals surface area contributed by atoms with Gasteiger partial charge in [-0.15, -0.1) is 0 Å². The van der Waals surface area contributed by atoms with Crippen molar-refractivity contribution in [2.24, 2.45) is 0 Å². The fraction of sp³-hybridized carbons (Fsp3) is 0.500. The Hall–Kier alpha value is -0.630. The van der Waals surface area contributed by atoms with Crippen molar-refractivity contribution in [3.05, 3.63) is 22.7 Å². The Labute approximate surface area is 122 Å². The molecule has 0 radical (unpaired) electrons. The standard InChI is InChI=1S/C12H18BrNO4S/c1-2-8-18-12-9-10(4-5-11(12)13)19(16,17)14-6-3-7-15/h4-5,9,14-15H,2-3,6-8H2,1H3. The summed E-state index contributed by atoms with van der Waals surface area (Å²) in [4.78, 5) is 0.153. The zero-order valence-electron chi connectivity index (χ0n) is 10.7. The number of rotatable bonds is 8. The SMILES string of the molecule is CCCOc1cc(S(=O)(=O)NCCCO)ccc1Br. The molecular weight excluding hydrogens is 334 g/mol. The van der Waals surface area contributed by atoms with E-state index in [-0.39, 0.29) is 18.0 Å². The summed E-state index contributed by atoms with van der Waals surface area (Å²) in [6, 6.07) is 4.64. The van der Waals surface area contributed by atoms with Gasteiger partial charge in [0.2, 0.25) is 10.0 Å². The van der Waals surface area contributed by atoms with Crippen molar-refractivity contribution in [3.63, 3.8) is 0 Å². The Morgan fingerprint density at radius 1 is 1.42 bits per heavy atom. The molecule has 0 saturated heterocycles. The number of halogens is 1. The lowest BCUT2D eigenvalue weighted by Gasteiger charge is -2.10. The van der Waals surface area contributed by atoms with Gasteiger partial charge in [0.25, 0.3) is 0 Å². The second-order valence-electron chi connectivity index (χ2n) is 3.92. The first-order valence-electron chi connectivity index (χ1n) is 6.04. The molecule has 0 amide bonds. The first-order valence-corrected chi connectivity index (χ1v) is 8.31. The lowest BCUT2D eigenvalue weighted by atomic mass is 10.3. The maximum Gasteiger partial charge on any atom is 0.240 e. The van der Waals surface area contributed by atoms with E-state index in [1.807, 2.05) is 6.92 Å². The van der Waals surface area contributed by atoms with Crippen LogP contribution in [0.5, 0.6) is 5.75 Å². The summed E-state index contributed by atoms with van der Waals surface area (Å²) in [5.74, 6) is 0.506. The van der Waals surface area contributed by atoms with Gasteiger partial charge in [-0.2, -0.15) is 0 Å². The minimum Gasteiger partial charge on any atom is -0.492 e. The van der Waals surface area contributed by atoms with Crippen molar-refractivity contribution in [1.29, 1.82) is 0 Å². The summed E-state index contributed by atoms with van der Waals surface area (Å²) in [6.45, 7) is 2.67. The van der Waals surface area contributed by atoms with Gasteiger partial charge < -0.3 is 9.84 Å². The number of hydrogen-bond acceptors (Lipinski definition) is 4. The Bertz CT molecular complexity index is 504. The number of sulfonamides is 1. The quantitative estimate of drug-likeness (QED) is 0.701. The first kappa shape index (κ1) is 16.4. The van der Waals surface area contributed by atoms with Crippen LogP contribution in [0.3, 0.4) is 0 Å². The van der Waals surface area contributed by atoms with E-state index in [1.165, 1.54) is 12.1 Å². The molecule has 0 unspecified atom stereocenters. The van der Waals surface area contributed by atoms with E-state index in [2.05, 4.69) is 20.7 Å². The molecule has 0 atom stereocenters. The van der Waals surface area contributed by atoms with E-state index in [0.29, 0.717) is 18.8 Å². The summed E-state index contributed by atoms with van der Waals surface area (Å²) in [5, 5.41) is 8.65. The molecule has 0 aliphatic heterocycles. The van der Waals surface area contributed by atoms with Crippen LogP contribution in [0.1, 0.15) is 19.8 Å². The van der Waals surface area contributed by atoms with Crippen molar-refractivity contribution < 1.29 is 18.3 Å².